The van der Waals surface area contributed by atoms with Crippen LogP contribution in [0.1, 0.15) is 43.0 Å². The summed E-state index contributed by atoms with van der Waals surface area (Å²) in [6.07, 6.45) is 4.19. The van der Waals surface area contributed by atoms with Gasteiger partial charge in [0.25, 0.3) is 15.9 Å². The van der Waals surface area contributed by atoms with E-state index < -0.39 is 10.0 Å². The topological polar surface area (TPSA) is 75.7 Å². The smallest absolute Gasteiger partial charge is 0.262 e. The third kappa shape index (κ3) is 4.90. The van der Waals surface area contributed by atoms with E-state index >= 15 is 0 Å². The Morgan fingerprint density at radius 3 is 2.45 bits per heavy atom. The first-order valence-corrected chi connectivity index (χ1v) is 11.3. The second-order valence-electron chi connectivity index (χ2n) is 7.66. The van der Waals surface area contributed by atoms with Gasteiger partial charge in [0.15, 0.2) is 0 Å². The Bertz CT molecular complexity index is 966. The summed E-state index contributed by atoms with van der Waals surface area (Å²) in [6, 6.07) is 13.2. The van der Waals surface area contributed by atoms with Crippen molar-refractivity contribution in [3.8, 4) is 5.75 Å². The van der Waals surface area contributed by atoms with Gasteiger partial charge in [-0.2, -0.15) is 0 Å². The van der Waals surface area contributed by atoms with Crippen LogP contribution >= 0.6 is 0 Å². The number of benzene rings is 2. The summed E-state index contributed by atoms with van der Waals surface area (Å²) in [7, 11) is -0.577. The summed E-state index contributed by atoms with van der Waals surface area (Å²) >= 11 is 0. The summed E-state index contributed by atoms with van der Waals surface area (Å²) in [5, 5.41) is 0. The van der Waals surface area contributed by atoms with Gasteiger partial charge < -0.3 is 9.64 Å². The monoisotopic (exact) mass is 416 g/mol. The number of amides is 1. The largest absolute Gasteiger partial charge is 0.495 e. The van der Waals surface area contributed by atoms with Gasteiger partial charge in [-0.15, -0.1) is 0 Å². The van der Waals surface area contributed by atoms with Crippen LogP contribution in [0, 0.1) is 5.92 Å². The molecule has 0 saturated heterocycles. The maximum Gasteiger partial charge on any atom is 0.262 e. The fourth-order valence-electron chi connectivity index (χ4n) is 3.73. The molecule has 0 heterocycles. The molecule has 0 aliphatic heterocycles. The fraction of sp³-hybridized carbons (Fsp3) is 0.409. The molecule has 2 aromatic rings. The van der Waals surface area contributed by atoms with E-state index in [-0.39, 0.29) is 16.8 Å². The highest BCUT2D eigenvalue weighted by Crippen LogP contribution is 2.28. The average Bonchev–Trinajstić information content (AvgIpc) is 2.73. The number of ether oxygens (including phenoxy) is 1. The summed E-state index contributed by atoms with van der Waals surface area (Å²) < 4.78 is 33.5. The zero-order chi connectivity index (χ0) is 21.0. The van der Waals surface area contributed by atoms with Crippen LogP contribution in [0.3, 0.4) is 0 Å². The van der Waals surface area contributed by atoms with E-state index in [0.29, 0.717) is 22.9 Å². The highest BCUT2D eigenvalue weighted by Gasteiger charge is 2.26. The molecule has 6 nitrogen and oxygen atoms in total. The van der Waals surface area contributed by atoms with E-state index in [9.17, 15) is 13.2 Å². The Morgan fingerprint density at radius 1 is 1.07 bits per heavy atom. The van der Waals surface area contributed by atoms with E-state index in [4.69, 9.17) is 4.74 Å². The van der Waals surface area contributed by atoms with Crippen LogP contribution in [0.5, 0.6) is 5.75 Å². The molecule has 0 bridgehead atoms. The van der Waals surface area contributed by atoms with Crippen molar-refractivity contribution < 1.29 is 17.9 Å². The van der Waals surface area contributed by atoms with Crippen LogP contribution in [0.25, 0.3) is 0 Å². The number of methoxy groups -OCH3 is 1. The van der Waals surface area contributed by atoms with Gasteiger partial charge in [-0.3, -0.25) is 9.52 Å². The molecule has 1 saturated carbocycles. The van der Waals surface area contributed by atoms with Crippen LogP contribution in [-0.4, -0.2) is 39.4 Å². The Labute approximate surface area is 172 Å². The lowest BCUT2D eigenvalue weighted by molar-refractivity contribution is 0.0679. The Balaban J connectivity index is 1.80. The first-order valence-electron chi connectivity index (χ1n) is 9.85. The fourth-order valence-corrected chi connectivity index (χ4v) is 4.84. The maximum atomic E-state index is 13.0. The van der Waals surface area contributed by atoms with Gasteiger partial charge >= 0.3 is 0 Å². The molecule has 2 aromatic carbocycles. The molecule has 1 aliphatic rings. The zero-order valence-corrected chi connectivity index (χ0v) is 17.9. The third-order valence-electron chi connectivity index (χ3n) is 5.60. The number of sulfonamides is 1. The van der Waals surface area contributed by atoms with Crippen LogP contribution in [-0.2, 0) is 10.0 Å². The molecule has 3 rings (SSSR count). The lowest BCUT2D eigenvalue weighted by Gasteiger charge is -2.33. The number of carbonyl (C=O) groups excluding carboxylic acids is 1. The van der Waals surface area contributed by atoms with Crippen molar-refractivity contribution in [2.45, 2.75) is 43.5 Å². The molecule has 0 aromatic heterocycles. The molecule has 0 radical (unpaired) electrons. The van der Waals surface area contributed by atoms with Crippen LogP contribution in [0.2, 0.25) is 0 Å². The van der Waals surface area contributed by atoms with Crippen molar-refractivity contribution in [2.75, 3.05) is 18.9 Å². The Hall–Kier alpha value is -2.54. The minimum absolute atomic E-state index is 0.0416. The summed E-state index contributed by atoms with van der Waals surface area (Å²) in [5.74, 6) is 0.970. The summed E-state index contributed by atoms with van der Waals surface area (Å²) in [5.41, 5.74) is 0.717. The molecule has 29 heavy (non-hydrogen) atoms. The molecule has 1 fully saturated rings. The minimum Gasteiger partial charge on any atom is -0.495 e. The highest BCUT2D eigenvalue weighted by atomic mass is 32.2. The SMILES string of the molecule is COc1ccccc1NS(=O)(=O)c1cccc(C(=O)N(C)C2CCC(C)CC2)c1. The van der Waals surface area contributed by atoms with E-state index in [1.807, 2.05) is 0 Å². The van der Waals surface area contributed by atoms with Crippen molar-refractivity contribution in [1.82, 2.24) is 4.90 Å². The number of para-hydroxylation sites is 2. The Kier molecular flexibility index (Phi) is 6.47. The number of hydrogen-bond donors (Lipinski definition) is 1. The second kappa shape index (κ2) is 8.86. The molecule has 0 unspecified atom stereocenters. The molecule has 1 aliphatic carbocycles. The second-order valence-corrected chi connectivity index (χ2v) is 9.35. The van der Waals surface area contributed by atoms with E-state index in [0.717, 1.165) is 25.7 Å². The number of nitrogens with zero attached hydrogens (tertiary/aromatic N) is 1. The first-order chi connectivity index (χ1) is 13.8. The highest BCUT2D eigenvalue weighted by molar-refractivity contribution is 7.92. The van der Waals surface area contributed by atoms with Gasteiger partial charge in [-0.25, -0.2) is 8.42 Å². The molecule has 7 heteroatoms. The molecule has 1 N–H and O–H groups in total. The van der Waals surface area contributed by atoms with Gasteiger partial charge in [-0.05, 0) is 61.9 Å². The first kappa shape index (κ1) is 21.2. The molecule has 1 amide bonds. The number of nitrogens with one attached hydrogen (secondary N) is 1. The third-order valence-corrected chi connectivity index (χ3v) is 6.96. The maximum absolute atomic E-state index is 13.0. The number of anilines is 1. The number of rotatable bonds is 6. The predicted molar refractivity (Wildman–Crippen MR) is 114 cm³/mol. The standard InChI is InChI=1S/C22H28N2O4S/c1-16-11-13-18(14-12-16)24(2)22(25)17-7-6-8-19(15-17)29(26,27)23-20-9-4-5-10-21(20)28-3/h4-10,15-16,18,23H,11-14H2,1-3H3. The summed E-state index contributed by atoms with van der Waals surface area (Å²) in [4.78, 5) is 14.8. The molecular weight excluding hydrogens is 388 g/mol. The van der Waals surface area contributed by atoms with Gasteiger partial charge in [0.2, 0.25) is 0 Å². The van der Waals surface area contributed by atoms with Gasteiger partial charge in [0.05, 0.1) is 17.7 Å². The molecule has 156 valence electrons. The van der Waals surface area contributed by atoms with Gasteiger partial charge in [0, 0.05) is 18.7 Å². The van der Waals surface area contributed by atoms with E-state index in [2.05, 4.69) is 11.6 Å². The Morgan fingerprint density at radius 2 is 1.76 bits per heavy atom. The number of carbonyl (C=O) groups is 1. The van der Waals surface area contributed by atoms with Crippen molar-refractivity contribution in [3.63, 3.8) is 0 Å². The quantitative estimate of drug-likeness (QED) is 0.768. The normalized spacial score (nSPS) is 19.4. The zero-order valence-electron chi connectivity index (χ0n) is 17.1. The van der Waals surface area contributed by atoms with Crippen LogP contribution in [0.15, 0.2) is 53.4 Å². The van der Waals surface area contributed by atoms with Crippen molar-refractivity contribution in [3.05, 3.63) is 54.1 Å². The molecule has 0 spiro atoms. The van der Waals surface area contributed by atoms with E-state index in [1.165, 1.54) is 19.2 Å². The summed E-state index contributed by atoms with van der Waals surface area (Å²) in [6.45, 7) is 2.24. The van der Waals surface area contributed by atoms with Crippen LogP contribution in [0.4, 0.5) is 5.69 Å². The van der Waals surface area contributed by atoms with Crippen molar-refractivity contribution >= 4 is 21.6 Å². The van der Waals surface area contributed by atoms with Crippen molar-refractivity contribution in [2.24, 2.45) is 5.92 Å². The van der Waals surface area contributed by atoms with E-state index in [1.54, 1.807) is 48.3 Å². The lowest BCUT2D eigenvalue weighted by Crippen LogP contribution is -2.39. The van der Waals surface area contributed by atoms with Crippen molar-refractivity contribution in [1.29, 1.82) is 0 Å². The van der Waals surface area contributed by atoms with Gasteiger partial charge in [0.1, 0.15) is 5.75 Å². The average molecular weight is 417 g/mol. The predicted octanol–water partition coefficient (Wildman–Crippen LogP) is 4.15. The molecule has 0 atom stereocenters. The van der Waals surface area contributed by atoms with Crippen LogP contribution < -0.4 is 9.46 Å². The number of hydrogen-bond acceptors (Lipinski definition) is 4. The van der Waals surface area contributed by atoms with Gasteiger partial charge in [-0.1, -0.05) is 25.1 Å². The molecular formula is C22H28N2O4S. The lowest BCUT2D eigenvalue weighted by atomic mass is 9.86. The minimum atomic E-state index is -3.86.